The van der Waals surface area contributed by atoms with Crippen molar-refractivity contribution in [1.29, 1.82) is 0 Å². The number of aryl methyl sites for hydroxylation is 2. The summed E-state index contributed by atoms with van der Waals surface area (Å²) in [5.74, 6) is 0. The number of benzene rings is 2. The van der Waals surface area contributed by atoms with Crippen molar-refractivity contribution in [3.05, 3.63) is 77.1 Å². The lowest BCUT2D eigenvalue weighted by Gasteiger charge is -2.14. The van der Waals surface area contributed by atoms with Crippen LogP contribution in [0.25, 0.3) is 5.69 Å². The van der Waals surface area contributed by atoms with E-state index in [1.165, 1.54) is 0 Å². The van der Waals surface area contributed by atoms with Crippen LogP contribution in [-0.2, 0) is 10.0 Å². The van der Waals surface area contributed by atoms with Gasteiger partial charge in [-0.15, -0.1) is 0 Å². The second-order valence-corrected chi connectivity index (χ2v) is 8.90. The minimum absolute atomic E-state index is 0.187. The van der Waals surface area contributed by atoms with E-state index in [0.717, 1.165) is 33.9 Å². The highest BCUT2D eigenvalue weighted by Gasteiger charge is 2.13. The molecule has 3 rings (SSSR count). The van der Waals surface area contributed by atoms with E-state index in [-0.39, 0.29) is 4.90 Å². The van der Waals surface area contributed by atoms with Crippen LogP contribution in [0.1, 0.15) is 22.5 Å². The molecule has 6 nitrogen and oxygen atoms in total. The predicted octanol–water partition coefficient (Wildman–Crippen LogP) is 3.78. The average molecular weight is 411 g/mol. The Kier molecular flexibility index (Phi) is 5.79. The van der Waals surface area contributed by atoms with Gasteiger partial charge in [0.25, 0.3) is 10.0 Å². The predicted molar refractivity (Wildman–Crippen MR) is 119 cm³/mol. The van der Waals surface area contributed by atoms with Crippen molar-refractivity contribution in [2.45, 2.75) is 25.7 Å². The molecule has 0 fully saturated rings. The molecule has 0 aliphatic rings. The van der Waals surface area contributed by atoms with Crippen LogP contribution in [0, 0.1) is 20.8 Å². The molecule has 152 valence electrons. The summed E-state index contributed by atoms with van der Waals surface area (Å²) in [6, 6.07) is 16.9. The molecule has 0 saturated heterocycles. The molecule has 0 amide bonds. The van der Waals surface area contributed by atoms with Crippen molar-refractivity contribution in [3.8, 4) is 5.69 Å². The van der Waals surface area contributed by atoms with Crippen molar-refractivity contribution in [3.63, 3.8) is 0 Å². The van der Waals surface area contributed by atoms with E-state index in [4.69, 9.17) is 0 Å². The largest absolute Gasteiger partial charge is 0.378 e. The number of hydrogen-bond acceptors (Lipinski definition) is 4. The molecule has 0 bridgehead atoms. The molecule has 1 N–H and O–H groups in total. The van der Waals surface area contributed by atoms with Crippen LogP contribution in [0.15, 0.2) is 64.6 Å². The molecule has 2 aromatic carbocycles. The summed E-state index contributed by atoms with van der Waals surface area (Å²) in [6.45, 7) is 5.91. The fourth-order valence-corrected chi connectivity index (χ4v) is 3.94. The maximum atomic E-state index is 12.4. The highest BCUT2D eigenvalue weighted by molar-refractivity contribution is 7.89. The number of aromatic nitrogens is 1. The van der Waals surface area contributed by atoms with Crippen molar-refractivity contribution in [2.24, 2.45) is 5.10 Å². The fraction of sp³-hybridized carbons (Fsp3) is 0.227. The molecular weight excluding hydrogens is 384 g/mol. The summed E-state index contributed by atoms with van der Waals surface area (Å²) in [4.78, 5) is 4.53. The van der Waals surface area contributed by atoms with E-state index >= 15 is 0 Å². The lowest BCUT2D eigenvalue weighted by atomic mass is 10.2. The number of anilines is 1. The molecule has 3 aromatic rings. The van der Waals surface area contributed by atoms with E-state index in [1.54, 1.807) is 30.5 Å². The van der Waals surface area contributed by atoms with E-state index in [1.807, 2.05) is 40.9 Å². The Bertz CT molecular complexity index is 1130. The Hall–Kier alpha value is -3.06. The Morgan fingerprint density at radius 1 is 0.966 bits per heavy atom. The van der Waals surface area contributed by atoms with Gasteiger partial charge in [0.05, 0.1) is 11.1 Å². The van der Waals surface area contributed by atoms with Crippen molar-refractivity contribution >= 4 is 21.9 Å². The average Bonchev–Trinajstić information content (AvgIpc) is 2.95. The Morgan fingerprint density at radius 2 is 1.59 bits per heavy atom. The lowest BCUT2D eigenvalue weighted by Crippen LogP contribution is -2.18. The minimum atomic E-state index is -3.69. The summed E-state index contributed by atoms with van der Waals surface area (Å²) >= 11 is 0. The molecule has 0 aliphatic heterocycles. The highest BCUT2D eigenvalue weighted by atomic mass is 32.2. The quantitative estimate of drug-likeness (QED) is 0.497. The standard InChI is InChI=1S/C22H26N4O2S/c1-16-6-12-22(13-7-16)29(27,28)24-23-15-19-14-17(2)26(18(19)3)21-10-8-20(9-11-21)25(4)5/h6-15,24H,1-5H3/b23-15+. The third kappa shape index (κ3) is 4.51. The van der Waals surface area contributed by atoms with Crippen LogP contribution in [0.2, 0.25) is 0 Å². The van der Waals surface area contributed by atoms with Gasteiger partial charge in [-0.1, -0.05) is 17.7 Å². The van der Waals surface area contributed by atoms with Crippen molar-refractivity contribution in [2.75, 3.05) is 19.0 Å². The number of sulfonamides is 1. The van der Waals surface area contributed by atoms with Crippen LogP contribution in [0.4, 0.5) is 5.69 Å². The third-order valence-electron chi connectivity index (χ3n) is 4.80. The molecule has 1 heterocycles. The summed E-state index contributed by atoms with van der Waals surface area (Å²) in [5, 5.41) is 3.98. The number of rotatable bonds is 6. The van der Waals surface area contributed by atoms with Crippen LogP contribution in [0.5, 0.6) is 0 Å². The molecule has 0 saturated carbocycles. The number of nitrogens with one attached hydrogen (secondary N) is 1. The minimum Gasteiger partial charge on any atom is -0.378 e. The van der Waals surface area contributed by atoms with Gasteiger partial charge in [-0.2, -0.15) is 13.5 Å². The van der Waals surface area contributed by atoms with Gasteiger partial charge in [0.1, 0.15) is 0 Å². The molecule has 0 radical (unpaired) electrons. The van der Waals surface area contributed by atoms with Crippen molar-refractivity contribution in [1.82, 2.24) is 9.40 Å². The lowest BCUT2D eigenvalue weighted by molar-refractivity contribution is 0.584. The monoisotopic (exact) mass is 410 g/mol. The van der Waals surface area contributed by atoms with Gasteiger partial charge >= 0.3 is 0 Å². The molecule has 29 heavy (non-hydrogen) atoms. The van der Waals surface area contributed by atoms with Crippen LogP contribution < -0.4 is 9.73 Å². The first-order valence-electron chi connectivity index (χ1n) is 9.27. The molecular formula is C22H26N4O2S. The molecule has 0 atom stereocenters. The van der Waals surface area contributed by atoms with Gasteiger partial charge in [-0.3, -0.25) is 0 Å². The first-order valence-corrected chi connectivity index (χ1v) is 10.8. The second kappa shape index (κ2) is 8.13. The molecule has 0 unspecified atom stereocenters. The van der Waals surface area contributed by atoms with Crippen LogP contribution >= 0.6 is 0 Å². The van der Waals surface area contributed by atoms with E-state index in [0.29, 0.717) is 0 Å². The maximum absolute atomic E-state index is 12.4. The Labute approximate surface area is 172 Å². The van der Waals surface area contributed by atoms with Crippen molar-refractivity contribution < 1.29 is 8.42 Å². The normalized spacial score (nSPS) is 11.8. The maximum Gasteiger partial charge on any atom is 0.276 e. The van der Waals surface area contributed by atoms with Gasteiger partial charge in [0, 0.05) is 42.4 Å². The van der Waals surface area contributed by atoms with Crippen LogP contribution in [0.3, 0.4) is 0 Å². The van der Waals surface area contributed by atoms with Gasteiger partial charge in [0.2, 0.25) is 0 Å². The van der Waals surface area contributed by atoms with Gasteiger partial charge < -0.3 is 9.47 Å². The summed E-state index contributed by atoms with van der Waals surface area (Å²) < 4.78 is 26.9. The summed E-state index contributed by atoms with van der Waals surface area (Å²) in [5.41, 5.74) is 6.06. The van der Waals surface area contributed by atoms with Gasteiger partial charge in [-0.25, -0.2) is 4.83 Å². The molecule has 0 spiro atoms. The van der Waals surface area contributed by atoms with E-state index in [9.17, 15) is 8.42 Å². The smallest absolute Gasteiger partial charge is 0.276 e. The molecule has 0 aliphatic carbocycles. The number of nitrogens with zero attached hydrogens (tertiary/aromatic N) is 3. The highest BCUT2D eigenvalue weighted by Crippen LogP contribution is 2.22. The van der Waals surface area contributed by atoms with E-state index in [2.05, 4.69) is 43.7 Å². The molecule has 1 aromatic heterocycles. The Morgan fingerprint density at radius 3 is 2.17 bits per heavy atom. The zero-order chi connectivity index (χ0) is 21.2. The SMILES string of the molecule is Cc1ccc(S(=O)(=O)N/N=C/c2cc(C)n(-c3ccc(N(C)C)cc3)c2C)cc1. The Balaban J connectivity index is 1.82. The topological polar surface area (TPSA) is 66.7 Å². The zero-order valence-corrected chi connectivity index (χ0v) is 18.2. The summed E-state index contributed by atoms with van der Waals surface area (Å²) in [7, 11) is 0.327. The van der Waals surface area contributed by atoms with Gasteiger partial charge in [0.15, 0.2) is 0 Å². The molecule has 7 heteroatoms. The number of hydrazone groups is 1. The third-order valence-corrected chi connectivity index (χ3v) is 6.04. The summed E-state index contributed by atoms with van der Waals surface area (Å²) in [6.07, 6.45) is 1.54. The zero-order valence-electron chi connectivity index (χ0n) is 17.3. The van der Waals surface area contributed by atoms with E-state index < -0.39 is 10.0 Å². The first kappa shape index (κ1) is 20.7. The van der Waals surface area contributed by atoms with Gasteiger partial charge in [-0.05, 0) is 63.2 Å². The number of hydrogen-bond donors (Lipinski definition) is 1. The second-order valence-electron chi connectivity index (χ2n) is 7.24. The van der Waals surface area contributed by atoms with Crippen LogP contribution in [-0.4, -0.2) is 33.3 Å². The fourth-order valence-electron chi connectivity index (χ4n) is 3.15. The first-order chi connectivity index (χ1) is 13.7.